The zero-order valence-electron chi connectivity index (χ0n) is 12.5. The summed E-state index contributed by atoms with van der Waals surface area (Å²) in [6.45, 7) is 5.24. The Hall–Kier alpha value is -1.18. The standard InChI is InChI=1S/C13H24N4O2S/c1-5-14-12-7-6-9-15-13(12)20(18,19)16-11(2)8-10-17(3)4/h6-7,9,11,14,16H,5,8,10H2,1-4H3. The SMILES string of the molecule is CCNc1cccnc1S(=O)(=O)NC(C)CCN(C)C. The number of anilines is 1. The number of nitrogens with zero attached hydrogens (tertiary/aromatic N) is 2. The lowest BCUT2D eigenvalue weighted by Gasteiger charge is -2.17. The summed E-state index contributed by atoms with van der Waals surface area (Å²) in [5.74, 6) is 0. The van der Waals surface area contributed by atoms with Gasteiger partial charge in [0.15, 0.2) is 5.03 Å². The van der Waals surface area contributed by atoms with Crippen molar-refractivity contribution in [1.82, 2.24) is 14.6 Å². The summed E-state index contributed by atoms with van der Waals surface area (Å²) in [6, 6.07) is 3.29. The second-order valence-corrected chi connectivity index (χ2v) is 6.63. The molecule has 6 nitrogen and oxygen atoms in total. The zero-order chi connectivity index (χ0) is 15.2. The molecule has 7 heteroatoms. The second kappa shape index (κ2) is 7.56. The van der Waals surface area contributed by atoms with E-state index >= 15 is 0 Å². The summed E-state index contributed by atoms with van der Waals surface area (Å²) < 4.78 is 27.4. The minimum Gasteiger partial charge on any atom is -0.383 e. The van der Waals surface area contributed by atoms with Gasteiger partial charge >= 0.3 is 0 Å². The third-order valence-corrected chi connectivity index (χ3v) is 4.31. The largest absolute Gasteiger partial charge is 0.383 e. The monoisotopic (exact) mass is 300 g/mol. The maximum Gasteiger partial charge on any atom is 0.260 e. The number of hydrogen-bond acceptors (Lipinski definition) is 5. The van der Waals surface area contributed by atoms with Gasteiger partial charge in [-0.2, -0.15) is 0 Å². The maximum absolute atomic E-state index is 12.4. The van der Waals surface area contributed by atoms with E-state index in [4.69, 9.17) is 0 Å². The molecule has 0 fully saturated rings. The molecule has 1 heterocycles. The van der Waals surface area contributed by atoms with Crippen molar-refractivity contribution in [3.8, 4) is 0 Å². The van der Waals surface area contributed by atoms with E-state index in [1.54, 1.807) is 12.1 Å². The highest BCUT2D eigenvalue weighted by Crippen LogP contribution is 2.18. The Morgan fingerprint density at radius 2 is 2.10 bits per heavy atom. The van der Waals surface area contributed by atoms with Crippen molar-refractivity contribution in [2.24, 2.45) is 0 Å². The average molecular weight is 300 g/mol. The summed E-state index contributed by atoms with van der Waals surface area (Å²) in [6.07, 6.45) is 2.23. The minimum absolute atomic E-state index is 0.0542. The number of nitrogens with one attached hydrogen (secondary N) is 2. The van der Waals surface area contributed by atoms with E-state index < -0.39 is 10.0 Å². The van der Waals surface area contributed by atoms with Crippen LogP contribution >= 0.6 is 0 Å². The number of pyridine rings is 1. The highest BCUT2D eigenvalue weighted by molar-refractivity contribution is 7.89. The van der Waals surface area contributed by atoms with Crippen molar-refractivity contribution in [3.05, 3.63) is 18.3 Å². The Morgan fingerprint density at radius 1 is 1.40 bits per heavy atom. The lowest BCUT2D eigenvalue weighted by molar-refractivity contribution is 0.379. The molecule has 0 amide bonds. The first kappa shape index (κ1) is 16.9. The van der Waals surface area contributed by atoms with Crippen molar-refractivity contribution < 1.29 is 8.42 Å². The Bertz CT molecular complexity index is 517. The summed E-state index contributed by atoms with van der Waals surface area (Å²) >= 11 is 0. The van der Waals surface area contributed by atoms with Crippen molar-refractivity contribution in [1.29, 1.82) is 0 Å². The molecule has 2 N–H and O–H groups in total. The first-order valence-corrected chi connectivity index (χ1v) is 8.21. The van der Waals surface area contributed by atoms with E-state index in [-0.39, 0.29) is 11.1 Å². The van der Waals surface area contributed by atoms with E-state index in [2.05, 4.69) is 15.0 Å². The number of hydrogen-bond donors (Lipinski definition) is 2. The molecule has 0 aromatic carbocycles. The predicted octanol–water partition coefficient (Wildman–Crippen LogP) is 1.13. The van der Waals surface area contributed by atoms with Crippen LogP contribution in [0.3, 0.4) is 0 Å². The first-order chi connectivity index (χ1) is 9.36. The zero-order valence-corrected chi connectivity index (χ0v) is 13.4. The molecule has 1 aromatic heterocycles. The first-order valence-electron chi connectivity index (χ1n) is 6.72. The Balaban J connectivity index is 2.83. The van der Waals surface area contributed by atoms with Crippen LogP contribution in [0.25, 0.3) is 0 Å². The quantitative estimate of drug-likeness (QED) is 0.753. The Morgan fingerprint density at radius 3 is 2.70 bits per heavy atom. The molecule has 1 aromatic rings. The van der Waals surface area contributed by atoms with Gasteiger partial charge in [0.25, 0.3) is 10.0 Å². The molecular formula is C13H24N4O2S. The highest BCUT2D eigenvalue weighted by Gasteiger charge is 2.22. The molecule has 0 bridgehead atoms. The van der Waals surface area contributed by atoms with Crippen LogP contribution in [0, 0.1) is 0 Å². The Kier molecular flexibility index (Phi) is 6.38. The predicted molar refractivity (Wildman–Crippen MR) is 81.4 cm³/mol. The summed E-state index contributed by atoms with van der Waals surface area (Å²) in [5.41, 5.74) is 0.530. The van der Waals surface area contributed by atoms with E-state index in [0.29, 0.717) is 12.2 Å². The fourth-order valence-corrected chi connectivity index (χ4v) is 3.15. The minimum atomic E-state index is -3.60. The molecule has 1 rings (SSSR count). The number of rotatable bonds is 8. The normalized spacial score (nSPS) is 13.4. The molecule has 0 spiro atoms. The lowest BCUT2D eigenvalue weighted by atomic mass is 10.2. The van der Waals surface area contributed by atoms with Gasteiger partial charge in [-0.25, -0.2) is 18.1 Å². The van der Waals surface area contributed by atoms with Gasteiger partial charge in [0.1, 0.15) is 0 Å². The molecule has 114 valence electrons. The van der Waals surface area contributed by atoms with Gasteiger partial charge in [-0.1, -0.05) is 0 Å². The van der Waals surface area contributed by atoms with E-state index in [1.165, 1.54) is 6.20 Å². The van der Waals surface area contributed by atoms with Crippen molar-refractivity contribution in [2.45, 2.75) is 31.3 Å². The van der Waals surface area contributed by atoms with Crippen LogP contribution in [0.5, 0.6) is 0 Å². The average Bonchev–Trinajstić information content (AvgIpc) is 2.37. The molecule has 0 aliphatic carbocycles. The van der Waals surface area contributed by atoms with Gasteiger partial charge < -0.3 is 10.2 Å². The number of aromatic nitrogens is 1. The molecule has 0 radical (unpaired) electrons. The molecule has 0 saturated heterocycles. The van der Waals surface area contributed by atoms with Crippen LogP contribution in [-0.4, -0.2) is 51.5 Å². The van der Waals surface area contributed by atoms with E-state index in [0.717, 1.165) is 13.0 Å². The summed E-state index contributed by atoms with van der Waals surface area (Å²) in [4.78, 5) is 6.02. The van der Waals surface area contributed by atoms with Crippen LogP contribution in [0.15, 0.2) is 23.4 Å². The molecule has 0 saturated carbocycles. The van der Waals surface area contributed by atoms with Gasteiger partial charge in [-0.05, 0) is 53.0 Å². The van der Waals surface area contributed by atoms with Gasteiger partial charge in [0.05, 0.1) is 5.69 Å². The van der Waals surface area contributed by atoms with Gasteiger partial charge in [-0.15, -0.1) is 0 Å². The van der Waals surface area contributed by atoms with Crippen LogP contribution in [0.1, 0.15) is 20.3 Å². The van der Waals surface area contributed by atoms with Crippen LogP contribution in [-0.2, 0) is 10.0 Å². The van der Waals surface area contributed by atoms with Gasteiger partial charge in [0, 0.05) is 18.8 Å². The molecule has 0 aliphatic rings. The fourth-order valence-electron chi connectivity index (χ4n) is 1.76. The van der Waals surface area contributed by atoms with Crippen LogP contribution in [0.4, 0.5) is 5.69 Å². The fraction of sp³-hybridized carbons (Fsp3) is 0.615. The topological polar surface area (TPSA) is 74.3 Å². The van der Waals surface area contributed by atoms with Crippen LogP contribution < -0.4 is 10.0 Å². The molecule has 1 atom stereocenters. The van der Waals surface area contributed by atoms with Crippen molar-refractivity contribution >= 4 is 15.7 Å². The molecule has 1 unspecified atom stereocenters. The van der Waals surface area contributed by atoms with E-state index in [9.17, 15) is 8.42 Å². The molecule has 0 aliphatic heterocycles. The van der Waals surface area contributed by atoms with Gasteiger partial charge in [-0.3, -0.25) is 0 Å². The summed E-state index contributed by atoms with van der Waals surface area (Å²) in [5, 5.41) is 3.07. The second-order valence-electron chi connectivity index (χ2n) is 5.00. The van der Waals surface area contributed by atoms with Crippen molar-refractivity contribution in [2.75, 3.05) is 32.5 Å². The summed E-state index contributed by atoms with van der Waals surface area (Å²) in [7, 11) is 0.321. The molecule has 20 heavy (non-hydrogen) atoms. The Labute approximate surface area is 121 Å². The van der Waals surface area contributed by atoms with Gasteiger partial charge in [0.2, 0.25) is 0 Å². The van der Waals surface area contributed by atoms with Crippen molar-refractivity contribution in [3.63, 3.8) is 0 Å². The third-order valence-electron chi connectivity index (χ3n) is 2.76. The lowest BCUT2D eigenvalue weighted by Crippen LogP contribution is -2.35. The van der Waals surface area contributed by atoms with E-state index in [1.807, 2.05) is 32.8 Å². The third kappa shape index (κ3) is 5.07. The molecular weight excluding hydrogens is 276 g/mol. The maximum atomic E-state index is 12.4. The highest BCUT2D eigenvalue weighted by atomic mass is 32.2. The van der Waals surface area contributed by atoms with Crippen LogP contribution in [0.2, 0.25) is 0 Å². The smallest absolute Gasteiger partial charge is 0.260 e. The number of sulfonamides is 1.